The number of nitrogens with one attached hydrogen (secondary N) is 3. The number of fused-ring (bicyclic) bond motifs is 1. The molecule has 1 aliphatic rings. The fourth-order valence-corrected chi connectivity index (χ4v) is 3.94. The van der Waals surface area contributed by atoms with Gasteiger partial charge in [-0.2, -0.15) is 0 Å². The predicted molar refractivity (Wildman–Crippen MR) is 116 cm³/mol. The van der Waals surface area contributed by atoms with Gasteiger partial charge in [0, 0.05) is 54.9 Å². The van der Waals surface area contributed by atoms with Gasteiger partial charge in [0.15, 0.2) is 0 Å². The zero-order valence-electron chi connectivity index (χ0n) is 16.6. The standard InChI is InChI=1S/C23H26N4O2/c1-16(28)25-22(14-17-15-24-21-7-3-2-6-20(17)21)23(29)26-18-8-10-19(11-9-18)27-12-4-5-13-27/h2-3,6-11,15,22,24H,4-5,12-14H2,1H3,(H,25,28)(H,26,29)/t22-/m1/s1. The van der Waals surface area contributed by atoms with Crippen molar-refractivity contribution in [3.05, 3.63) is 60.3 Å². The largest absolute Gasteiger partial charge is 0.372 e. The molecule has 1 aliphatic heterocycles. The summed E-state index contributed by atoms with van der Waals surface area (Å²) in [7, 11) is 0. The van der Waals surface area contributed by atoms with Gasteiger partial charge in [-0.25, -0.2) is 0 Å². The SMILES string of the molecule is CC(=O)N[C@H](Cc1c[nH]c2ccccc12)C(=O)Nc1ccc(N2CCCC2)cc1. The van der Waals surface area contributed by atoms with Gasteiger partial charge in [-0.05, 0) is 48.7 Å². The monoisotopic (exact) mass is 390 g/mol. The summed E-state index contributed by atoms with van der Waals surface area (Å²) in [6.07, 6.45) is 4.77. The highest BCUT2D eigenvalue weighted by Crippen LogP contribution is 2.23. The van der Waals surface area contributed by atoms with Gasteiger partial charge in [0.2, 0.25) is 11.8 Å². The fourth-order valence-electron chi connectivity index (χ4n) is 3.94. The van der Waals surface area contributed by atoms with Crippen LogP contribution in [-0.2, 0) is 16.0 Å². The second kappa shape index (κ2) is 8.39. The molecule has 1 saturated heterocycles. The van der Waals surface area contributed by atoms with E-state index in [1.165, 1.54) is 25.5 Å². The average Bonchev–Trinajstić information content (AvgIpc) is 3.38. The molecule has 6 nitrogen and oxygen atoms in total. The maximum absolute atomic E-state index is 12.9. The van der Waals surface area contributed by atoms with Crippen molar-refractivity contribution in [2.24, 2.45) is 0 Å². The Morgan fingerprint density at radius 3 is 2.52 bits per heavy atom. The zero-order valence-corrected chi connectivity index (χ0v) is 16.6. The molecule has 150 valence electrons. The second-order valence-corrected chi connectivity index (χ2v) is 7.55. The molecule has 2 heterocycles. The highest BCUT2D eigenvalue weighted by Gasteiger charge is 2.22. The Hall–Kier alpha value is -3.28. The van der Waals surface area contributed by atoms with E-state index in [4.69, 9.17) is 0 Å². The minimum atomic E-state index is -0.648. The first-order chi connectivity index (χ1) is 14.1. The number of carbonyl (C=O) groups excluding carboxylic acids is 2. The number of amides is 2. The molecule has 0 bridgehead atoms. The van der Waals surface area contributed by atoms with Crippen LogP contribution in [0.1, 0.15) is 25.3 Å². The number of hydrogen-bond donors (Lipinski definition) is 3. The second-order valence-electron chi connectivity index (χ2n) is 7.55. The highest BCUT2D eigenvalue weighted by atomic mass is 16.2. The lowest BCUT2D eigenvalue weighted by Gasteiger charge is -2.19. The molecule has 0 aliphatic carbocycles. The lowest BCUT2D eigenvalue weighted by atomic mass is 10.0. The van der Waals surface area contributed by atoms with Gasteiger partial charge in [-0.1, -0.05) is 18.2 Å². The van der Waals surface area contributed by atoms with Gasteiger partial charge in [0.1, 0.15) is 6.04 Å². The van der Waals surface area contributed by atoms with Gasteiger partial charge in [-0.15, -0.1) is 0 Å². The van der Waals surface area contributed by atoms with Crippen LogP contribution in [0.2, 0.25) is 0 Å². The molecule has 0 radical (unpaired) electrons. The van der Waals surface area contributed by atoms with E-state index in [0.717, 1.165) is 35.2 Å². The molecule has 1 fully saturated rings. The summed E-state index contributed by atoms with van der Waals surface area (Å²) in [6, 6.07) is 15.2. The first-order valence-corrected chi connectivity index (χ1v) is 10.1. The first kappa shape index (κ1) is 19.1. The summed E-state index contributed by atoms with van der Waals surface area (Å²) in [4.78, 5) is 30.2. The number of aromatic amines is 1. The topological polar surface area (TPSA) is 77.2 Å². The number of nitrogens with zero attached hydrogens (tertiary/aromatic N) is 1. The van der Waals surface area contributed by atoms with Crippen molar-refractivity contribution in [3.8, 4) is 0 Å². The van der Waals surface area contributed by atoms with Gasteiger partial charge >= 0.3 is 0 Å². The smallest absolute Gasteiger partial charge is 0.247 e. The van der Waals surface area contributed by atoms with Crippen molar-refractivity contribution in [1.82, 2.24) is 10.3 Å². The normalized spacial score (nSPS) is 14.7. The van der Waals surface area contributed by atoms with Crippen LogP contribution >= 0.6 is 0 Å². The number of benzene rings is 2. The van der Waals surface area contributed by atoms with E-state index >= 15 is 0 Å². The minimum Gasteiger partial charge on any atom is -0.372 e. The number of carbonyl (C=O) groups is 2. The van der Waals surface area contributed by atoms with Crippen LogP contribution in [0.25, 0.3) is 10.9 Å². The molecule has 2 amide bonds. The molecule has 0 unspecified atom stereocenters. The Morgan fingerprint density at radius 2 is 1.79 bits per heavy atom. The lowest BCUT2D eigenvalue weighted by molar-refractivity contribution is -0.125. The summed E-state index contributed by atoms with van der Waals surface area (Å²) >= 11 is 0. The zero-order chi connectivity index (χ0) is 20.2. The molecular weight excluding hydrogens is 364 g/mol. The van der Waals surface area contributed by atoms with Crippen molar-refractivity contribution in [2.75, 3.05) is 23.3 Å². The summed E-state index contributed by atoms with van der Waals surface area (Å²) in [5.74, 6) is -0.450. The Morgan fingerprint density at radius 1 is 1.07 bits per heavy atom. The van der Waals surface area contributed by atoms with Gasteiger partial charge in [-0.3, -0.25) is 9.59 Å². The summed E-state index contributed by atoms with van der Waals surface area (Å²) < 4.78 is 0. The fraction of sp³-hybridized carbons (Fsp3) is 0.304. The summed E-state index contributed by atoms with van der Waals surface area (Å²) in [5.41, 5.74) is 3.92. The maximum atomic E-state index is 12.9. The average molecular weight is 390 g/mol. The number of rotatable bonds is 6. The number of para-hydroxylation sites is 1. The van der Waals surface area contributed by atoms with Crippen molar-refractivity contribution in [2.45, 2.75) is 32.2 Å². The van der Waals surface area contributed by atoms with Crippen LogP contribution in [0.4, 0.5) is 11.4 Å². The van der Waals surface area contributed by atoms with Gasteiger partial charge < -0.3 is 20.5 Å². The molecule has 1 atom stereocenters. The Kier molecular flexibility index (Phi) is 5.51. The Balaban J connectivity index is 1.47. The first-order valence-electron chi connectivity index (χ1n) is 10.1. The molecule has 2 aromatic carbocycles. The third-order valence-electron chi connectivity index (χ3n) is 5.40. The van der Waals surface area contributed by atoms with Crippen molar-refractivity contribution >= 4 is 34.1 Å². The van der Waals surface area contributed by atoms with Crippen LogP contribution in [0.5, 0.6) is 0 Å². The van der Waals surface area contributed by atoms with Crippen LogP contribution in [0, 0.1) is 0 Å². The van der Waals surface area contributed by atoms with Crippen LogP contribution in [0.15, 0.2) is 54.7 Å². The molecule has 0 saturated carbocycles. The quantitative estimate of drug-likeness (QED) is 0.603. The lowest BCUT2D eigenvalue weighted by Crippen LogP contribution is -2.44. The Bertz CT molecular complexity index is 1000. The third kappa shape index (κ3) is 4.42. The molecular formula is C23H26N4O2. The van der Waals surface area contributed by atoms with Crippen molar-refractivity contribution < 1.29 is 9.59 Å². The summed E-state index contributed by atoms with van der Waals surface area (Å²) in [5, 5.41) is 6.79. The number of hydrogen-bond acceptors (Lipinski definition) is 3. The molecule has 4 rings (SSSR count). The van der Waals surface area contributed by atoms with E-state index in [2.05, 4.69) is 20.5 Å². The maximum Gasteiger partial charge on any atom is 0.247 e. The number of H-pyrrole nitrogens is 1. The van der Waals surface area contributed by atoms with E-state index in [9.17, 15) is 9.59 Å². The van der Waals surface area contributed by atoms with E-state index < -0.39 is 6.04 Å². The van der Waals surface area contributed by atoms with Crippen LogP contribution in [-0.4, -0.2) is 35.9 Å². The van der Waals surface area contributed by atoms with Crippen molar-refractivity contribution in [3.63, 3.8) is 0 Å². The highest BCUT2D eigenvalue weighted by molar-refractivity contribution is 5.97. The van der Waals surface area contributed by atoms with E-state index in [-0.39, 0.29) is 11.8 Å². The molecule has 3 N–H and O–H groups in total. The predicted octanol–water partition coefficient (Wildman–Crippen LogP) is 3.45. The van der Waals surface area contributed by atoms with Crippen molar-refractivity contribution in [1.29, 1.82) is 0 Å². The Labute approximate surface area is 170 Å². The molecule has 0 spiro atoms. The third-order valence-corrected chi connectivity index (χ3v) is 5.40. The van der Waals surface area contributed by atoms with E-state index in [1.54, 1.807) is 0 Å². The van der Waals surface area contributed by atoms with Gasteiger partial charge in [0.05, 0.1) is 0 Å². The number of anilines is 2. The van der Waals surface area contributed by atoms with Crippen LogP contribution in [0.3, 0.4) is 0 Å². The van der Waals surface area contributed by atoms with E-state index in [1.807, 2.05) is 54.7 Å². The molecule has 1 aromatic heterocycles. The summed E-state index contributed by atoms with van der Waals surface area (Å²) in [6.45, 7) is 3.60. The van der Waals surface area contributed by atoms with Crippen LogP contribution < -0.4 is 15.5 Å². The molecule has 29 heavy (non-hydrogen) atoms. The number of aromatic nitrogens is 1. The van der Waals surface area contributed by atoms with E-state index in [0.29, 0.717) is 6.42 Å². The minimum absolute atomic E-state index is 0.223. The molecule has 6 heteroatoms. The van der Waals surface area contributed by atoms with Gasteiger partial charge in [0.25, 0.3) is 0 Å². The molecule has 3 aromatic rings.